The minimum Gasteiger partial charge on any atom is -0.359 e. The molecule has 4 nitrogen and oxygen atoms in total. The van der Waals surface area contributed by atoms with E-state index in [2.05, 4.69) is 0 Å². The van der Waals surface area contributed by atoms with Crippen LogP contribution in [0.2, 0.25) is 0 Å². The summed E-state index contributed by atoms with van der Waals surface area (Å²) in [6, 6.07) is 5.40. The highest BCUT2D eigenvalue weighted by atomic mass is 19.1. The van der Waals surface area contributed by atoms with Gasteiger partial charge in [-0.15, -0.1) is 0 Å². The SMILES string of the molecule is C[C@]12C=C[C@@](C)(O1)[C@H]1C(=O)N(c3ccc(F)cc3)C(=O)[C@@H]12. The maximum atomic E-state index is 13.0. The molecule has 3 heterocycles. The molecular weight excluding hydrogens is 273 g/mol. The number of carbonyl (C=O) groups is 2. The Kier molecular flexibility index (Phi) is 2.18. The molecular formula is C16H14FNO3. The average Bonchev–Trinajstić information content (AvgIpc) is 2.97. The maximum absolute atomic E-state index is 13.0. The van der Waals surface area contributed by atoms with Crippen LogP contribution in [-0.4, -0.2) is 23.0 Å². The summed E-state index contributed by atoms with van der Waals surface area (Å²) in [4.78, 5) is 26.6. The van der Waals surface area contributed by atoms with Crippen LogP contribution in [0, 0.1) is 17.7 Å². The number of hydrogen-bond acceptors (Lipinski definition) is 3. The Hall–Kier alpha value is -2.01. The zero-order chi connectivity index (χ0) is 15.0. The first-order valence-corrected chi connectivity index (χ1v) is 6.90. The van der Waals surface area contributed by atoms with E-state index in [1.807, 2.05) is 26.0 Å². The van der Waals surface area contributed by atoms with Crippen molar-refractivity contribution in [2.45, 2.75) is 25.0 Å². The van der Waals surface area contributed by atoms with E-state index in [0.717, 1.165) is 0 Å². The molecule has 0 N–H and O–H groups in total. The van der Waals surface area contributed by atoms with Crippen LogP contribution < -0.4 is 4.90 Å². The fraction of sp³-hybridized carbons (Fsp3) is 0.375. The normalized spacial score (nSPS) is 40.2. The van der Waals surface area contributed by atoms with Crippen molar-refractivity contribution in [1.82, 2.24) is 0 Å². The number of amides is 2. The fourth-order valence-electron chi connectivity index (χ4n) is 3.88. The summed E-state index contributed by atoms with van der Waals surface area (Å²) in [7, 11) is 0. The number of benzene rings is 1. The minimum atomic E-state index is -0.735. The molecule has 3 aliphatic rings. The first kappa shape index (κ1) is 12.7. The molecule has 5 heteroatoms. The number of imide groups is 1. The highest BCUT2D eigenvalue weighted by molar-refractivity contribution is 6.23. The Morgan fingerprint density at radius 2 is 1.48 bits per heavy atom. The third-order valence-electron chi connectivity index (χ3n) is 4.81. The quantitative estimate of drug-likeness (QED) is 0.586. The molecule has 2 fully saturated rings. The number of ether oxygens (including phenoxy) is 1. The van der Waals surface area contributed by atoms with E-state index < -0.39 is 28.9 Å². The predicted molar refractivity (Wildman–Crippen MR) is 72.9 cm³/mol. The molecule has 0 unspecified atom stereocenters. The lowest BCUT2D eigenvalue weighted by atomic mass is 9.73. The van der Waals surface area contributed by atoms with Crippen molar-refractivity contribution in [2.75, 3.05) is 4.90 Å². The van der Waals surface area contributed by atoms with Gasteiger partial charge in [-0.2, -0.15) is 0 Å². The van der Waals surface area contributed by atoms with Gasteiger partial charge in [0.1, 0.15) is 5.82 Å². The second-order valence-electron chi connectivity index (χ2n) is 6.25. The van der Waals surface area contributed by atoms with Crippen molar-refractivity contribution in [1.29, 1.82) is 0 Å². The van der Waals surface area contributed by atoms with Crippen molar-refractivity contribution >= 4 is 17.5 Å². The zero-order valence-electron chi connectivity index (χ0n) is 11.7. The van der Waals surface area contributed by atoms with Gasteiger partial charge in [0, 0.05) is 0 Å². The Labute approximate surface area is 121 Å². The van der Waals surface area contributed by atoms with Gasteiger partial charge in [0.05, 0.1) is 28.7 Å². The van der Waals surface area contributed by atoms with Gasteiger partial charge in [0.25, 0.3) is 0 Å². The van der Waals surface area contributed by atoms with Crippen molar-refractivity contribution < 1.29 is 18.7 Å². The average molecular weight is 287 g/mol. The largest absolute Gasteiger partial charge is 0.359 e. The lowest BCUT2D eigenvalue weighted by Gasteiger charge is -2.25. The molecule has 0 radical (unpaired) electrons. The van der Waals surface area contributed by atoms with Gasteiger partial charge in [-0.25, -0.2) is 9.29 Å². The van der Waals surface area contributed by atoms with Crippen molar-refractivity contribution in [3.63, 3.8) is 0 Å². The van der Waals surface area contributed by atoms with Crippen molar-refractivity contribution in [3.8, 4) is 0 Å². The summed E-state index contributed by atoms with van der Waals surface area (Å²) in [5, 5.41) is 0. The smallest absolute Gasteiger partial charge is 0.241 e. The molecule has 108 valence electrons. The summed E-state index contributed by atoms with van der Waals surface area (Å²) in [6.45, 7) is 3.66. The molecule has 0 spiro atoms. The Morgan fingerprint density at radius 1 is 1.00 bits per heavy atom. The van der Waals surface area contributed by atoms with E-state index in [-0.39, 0.29) is 11.8 Å². The van der Waals surface area contributed by atoms with Crippen LogP contribution in [-0.2, 0) is 14.3 Å². The number of nitrogens with zero attached hydrogens (tertiary/aromatic N) is 1. The summed E-state index contributed by atoms with van der Waals surface area (Å²) < 4.78 is 19.0. The molecule has 2 bridgehead atoms. The van der Waals surface area contributed by atoms with Gasteiger partial charge in [-0.1, -0.05) is 12.2 Å². The Balaban J connectivity index is 1.80. The van der Waals surface area contributed by atoms with Crippen LogP contribution in [0.4, 0.5) is 10.1 Å². The first-order valence-electron chi connectivity index (χ1n) is 6.90. The molecule has 1 aromatic rings. The Morgan fingerprint density at radius 3 is 1.95 bits per heavy atom. The third-order valence-corrected chi connectivity index (χ3v) is 4.81. The third kappa shape index (κ3) is 1.42. The predicted octanol–water partition coefficient (Wildman–Crippen LogP) is 2.05. The second-order valence-corrected chi connectivity index (χ2v) is 6.25. The summed E-state index contributed by atoms with van der Waals surface area (Å²) in [5.41, 5.74) is -1.06. The molecule has 3 aliphatic heterocycles. The maximum Gasteiger partial charge on any atom is 0.241 e. The molecule has 0 saturated carbocycles. The van der Waals surface area contributed by atoms with Crippen molar-refractivity contribution in [3.05, 3.63) is 42.2 Å². The Bertz CT molecular complexity index is 662. The van der Waals surface area contributed by atoms with Crippen LogP contribution >= 0.6 is 0 Å². The van der Waals surface area contributed by atoms with Gasteiger partial charge in [0.15, 0.2) is 0 Å². The number of anilines is 1. The van der Waals surface area contributed by atoms with Crippen LogP contribution in [0.1, 0.15) is 13.8 Å². The molecule has 21 heavy (non-hydrogen) atoms. The van der Waals surface area contributed by atoms with E-state index in [9.17, 15) is 14.0 Å². The molecule has 4 rings (SSSR count). The number of hydrogen-bond donors (Lipinski definition) is 0. The summed E-state index contributed by atoms with van der Waals surface area (Å²) in [5.74, 6) is -1.96. The van der Waals surface area contributed by atoms with Crippen LogP contribution in [0.15, 0.2) is 36.4 Å². The number of carbonyl (C=O) groups excluding carboxylic acids is 2. The van der Waals surface area contributed by atoms with Gasteiger partial charge in [-0.05, 0) is 38.1 Å². The van der Waals surface area contributed by atoms with Crippen LogP contribution in [0.25, 0.3) is 0 Å². The standard InChI is InChI=1S/C16H14FNO3/c1-15-7-8-16(2,21-15)12-11(15)13(19)18(14(12)20)10-5-3-9(17)4-6-10/h3-8,11-12H,1-2H3/t11-,12-,15-,16-/m1/s1. The van der Waals surface area contributed by atoms with Gasteiger partial charge in [0.2, 0.25) is 11.8 Å². The molecule has 2 amide bonds. The van der Waals surface area contributed by atoms with Gasteiger partial charge >= 0.3 is 0 Å². The molecule has 2 saturated heterocycles. The number of rotatable bonds is 1. The summed E-state index contributed by atoms with van der Waals surface area (Å²) >= 11 is 0. The molecule has 4 atom stereocenters. The van der Waals surface area contributed by atoms with E-state index in [1.165, 1.54) is 29.2 Å². The highest BCUT2D eigenvalue weighted by Crippen LogP contribution is 2.57. The zero-order valence-corrected chi connectivity index (χ0v) is 11.7. The molecule has 1 aromatic carbocycles. The van der Waals surface area contributed by atoms with Crippen LogP contribution in [0.5, 0.6) is 0 Å². The monoisotopic (exact) mass is 287 g/mol. The minimum absolute atomic E-state index is 0.271. The number of fused-ring (bicyclic) bond motifs is 5. The van der Waals surface area contributed by atoms with Crippen molar-refractivity contribution in [2.24, 2.45) is 11.8 Å². The van der Waals surface area contributed by atoms with E-state index in [4.69, 9.17) is 4.74 Å². The topological polar surface area (TPSA) is 46.6 Å². The molecule has 0 aromatic heterocycles. The second kappa shape index (κ2) is 3.60. The fourth-order valence-corrected chi connectivity index (χ4v) is 3.88. The van der Waals surface area contributed by atoms with E-state index >= 15 is 0 Å². The van der Waals surface area contributed by atoms with Gasteiger partial charge < -0.3 is 4.74 Å². The molecule has 0 aliphatic carbocycles. The van der Waals surface area contributed by atoms with E-state index in [0.29, 0.717) is 5.69 Å². The van der Waals surface area contributed by atoms with Crippen LogP contribution in [0.3, 0.4) is 0 Å². The first-order chi connectivity index (χ1) is 9.86. The summed E-state index contributed by atoms with van der Waals surface area (Å²) in [6.07, 6.45) is 3.74. The number of halogens is 1. The lowest BCUT2D eigenvalue weighted by Crippen LogP contribution is -2.39. The van der Waals surface area contributed by atoms with E-state index in [1.54, 1.807) is 0 Å². The van der Waals surface area contributed by atoms with Gasteiger partial charge in [-0.3, -0.25) is 9.59 Å². The lowest BCUT2D eigenvalue weighted by molar-refractivity contribution is -0.128. The highest BCUT2D eigenvalue weighted by Gasteiger charge is 2.70.